The molecule has 2 saturated heterocycles. The second kappa shape index (κ2) is 9.94. The lowest BCUT2D eigenvalue weighted by Crippen LogP contribution is -2.35. The van der Waals surface area contributed by atoms with Crippen LogP contribution in [-0.2, 0) is 28.5 Å². The minimum absolute atomic E-state index is 0.201. The number of hydrogen-bond donors (Lipinski definition) is 0. The molecule has 2 aromatic carbocycles. The van der Waals surface area contributed by atoms with E-state index < -0.39 is 36.4 Å². The van der Waals surface area contributed by atoms with Crippen molar-refractivity contribution < 1.29 is 28.5 Å². The molecule has 0 spiro atoms. The zero-order valence-corrected chi connectivity index (χ0v) is 18.1. The Morgan fingerprint density at radius 1 is 0.719 bits per heavy atom. The van der Waals surface area contributed by atoms with Crippen molar-refractivity contribution >= 4 is 24.1 Å². The van der Waals surface area contributed by atoms with E-state index in [1.807, 2.05) is 62.4 Å². The fraction of sp³-hybridized carbons (Fsp3) is 0.308. The van der Waals surface area contributed by atoms with Gasteiger partial charge in [-0.15, -0.1) is 0 Å². The third-order valence-electron chi connectivity index (χ3n) is 5.48. The number of esters is 2. The summed E-state index contributed by atoms with van der Waals surface area (Å²) in [6, 6.07) is 15.6. The van der Waals surface area contributed by atoms with Gasteiger partial charge in [0.25, 0.3) is 0 Å². The average Bonchev–Trinajstić information content (AvgIpc) is 3.36. The van der Waals surface area contributed by atoms with E-state index in [-0.39, 0.29) is 13.2 Å². The van der Waals surface area contributed by atoms with Gasteiger partial charge in [0.1, 0.15) is 12.2 Å². The molecule has 2 aliphatic rings. The molecular formula is C26H26O6. The molecule has 6 heteroatoms. The summed E-state index contributed by atoms with van der Waals surface area (Å²) in [5, 5.41) is 0. The van der Waals surface area contributed by atoms with Gasteiger partial charge in [-0.25, -0.2) is 9.59 Å². The molecule has 0 bridgehead atoms. The zero-order valence-electron chi connectivity index (χ0n) is 18.1. The molecule has 4 atom stereocenters. The summed E-state index contributed by atoms with van der Waals surface area (Å²) in [5.41, 5.74) is 4.13. The van der Waals surface area contributed by atoms with Gasteiger partial charge < -0.3 is 18.9 Å². The van der Waals surface area contributed by atoms with Gasteiger partial charge >= 0.3 is 11.9 Å². The van der Waals surface area contributed by atoms with E-state index >= 15 is 0 Å². The summed E-state index contributed by atoms with van der Waals surface area (Å²) in [7, 11) is 0. The Morgan fingerprint density at radius 3 is 1.47 bits per heavy atom. The summed E-state index contributed by atoms with van der Waals surface area (Å²) in [6.07, 6.45) is 4.20. The Hall–Kier alpha value is -3.22. The van der Waals surface area contributed by atoms with Crippen molar-refractivity contribution in [3.05, 3.63) is 82.9 Å². The molecule has 166 valence electrons. The molecule has 2 heterocycles. The van der Waals surface area contributed by atoms with E-state index in [1.54, 1.807) is 12.2 Å². The summed E-state index contributed by atoms with van der Waals surface area (Å²) >= 11 is 0. The van der Waals surface area contributed by atoms with Gasteiger partial charge in [0.2, 0.25) is 0 Å². The van der Waals surface area contributed by atoms with Crippen molar-refractivity contribution in [2.45, 2.75) is 38.3 Å². The van der Waals surface area contributed by atoms with Crippen LogP contribution >= 0.6 is 0 Å². The van der Waals surface area contributed by atoms with Crippen LogP contribution in [0.25, 0.3) is 12.2 Å². The Balaban J connectivity index is 1.27. The summed E-state index contributed by atoms with van der Waals surface area (Å²) < 4.78 is 22.5. The molecule has 0 amide bonds. The van der Waals surface area contributed by atoms with Gasteiger partial charge in [-0.1, -0.05) is 59.7 Å². The quantitative estimate of drug-likeness (QED) is 0.511. The summed E-state index contributed by atoms with van der Waals surface area (Å²) in [5.74, 6) is -0.935. The first-order valence-electron chi connectivity index (χ1n) is 10.6. The highest BCUT2D eigenvalue weighted by Gasteiger charge is 2.50. The monoisotopic (exact) mass is 434 g/mol. The number of rotatable bonds is 6. The molecule has 0 radical (unpaired) electrons. The van der Waals surface area contributed by atoms with Crippen molar-refractivity contribution in [1.29, 1.82) is 0 Å². The minimum atomic E-state index is -0.540. The Kier molecular flexibility index (Phi) is 6.83. The molecule has 2 aromatic rings. The fourth-order valence-corrected chi connectivity index (χ4v) is 3.69. The Bertz CT molecular complexity index is 922. The van der Waals surface area contributed by atoms with Crippen LogP contribution in [-0.4, -0.2) is 49.6 Å². The molecule has 6 nitrogen and oxygen atoms in total. The van der Waals surface area contributed by atoms with E-state index in [2.05, 4.69) is 0 Å². The van der Waals surface area contributed by atoms with E-state index in [4.69, 9.17) is 18.9 Å². The smallest absolute Gasteiger partial charge is 0.331 e. The van der Waals surface area contributed by atoms with Crippen molar-refractivity contribution in [2.24, 2.45) is 0 Å². The van der Waals surface area contributed by atoms with Crippen molar-refractivity contribution in [3.63, 3.8) is 0 Å². The van der Waals surface area contributed by atoms with Gasteiger partial charge in [0.05, 0.1) is 13.2 Å². The molecule has 2 aliphatic heterocycles. The molecule has 0 aliphatic carbocycles. The molecule has 2 fully saturated rings. The standard InChI is InChI=1S/C26H26O6/c1-17-3-7-19(8-4-17)11-13-23(27)31-21-15-29-26-22(16-30-25(21)26)32-24(28)14-12-20-9-5-18(2)6-10-20/h3-14,21-22,25-26H,15-16H2,1-2H3/b13-11-,14-12+. The molecule has 4 rings (SSSR count). The zero-order chi connectivity index (χ0) is 22.5. The van der Waals surface area contributed by atoms with E-state index in [9.17, 15) is 9.59 Å². The predicted molar refractivity (Wildman–Crippen MR) is 120 cm³/mol. The van der Waals surface area contributed by atoms with Crippen LogP contribution in [0.3, 0.4) is 0 Å². The second-order valence-corrected chi connectivity index (χ2v) is 8.03. The SMILES string of the molecule is Cc1ccc(/C=C\C(=O)OC2COC3C(OC(=O)/C=C/c4ccc(C)cc4)COC23)cc1. The number of ether oxygens (including phenoxy) is 4. The number of hydrogen-bond acceptors (Lipinski definition) is 6. The Morgan fingerprint density at radius 2 is 1.09 bits per heavy atom. The third kappa shape index (κ3) is 5.52. The van der Waals surface area contributed by atoms with Gasteiger partial charge in [0.15, 0.2) is 12.2 Å². The maximum Gasteiger partial charge on any atom is 0.331 e. The highest BCUT2D eigenvalue weighted by Crippen LogP contribution is 2.30. The Labute approximate surface area is 187 Å². The van der Waals surface area contributed by atoms with Crippen LogP contribution in [0.1, 0.15) is 22.3 Å². The number of aryl methyl sites for hydroxylation is 2. The fourth-order valence-electron chi connectivity index (χ4n) is 3.69. The first-order valence-corrected chi connectivity index (χ1v) is 10.6. The highest BCUT2D eigenvalue weighted by molar-refractivity contribution is 5.87. The topological polar surface area (TPSA) is 71.1 Å². The van der Waals surface area contributed by atoms with Gasteiger partial charge in [-0.05, 0) is 37.1 Å². The first kappa shape index (κ1) is 22.0. The first-order chi connectivity index (χ1) is 15.5. The number of fused-ring (bicyclic) bond motifs is 1. The van der Waals surface area contributed by atoms with Crippen LogP contribution in [0.15, 0.2) is 60.7 Å². The average molecular weight is 434 g/mol. The number of carbonyl (C=O) groups is 2. The van der Waals surface area contributed by atoms with Gasteiger partial charge in [0, 0.05) is 12.2 Å². The lowest BCUT2D eigenvalue weighted by molar-refractivity contribution is -0.149. The third-order valence-corrected chi connectivity index (χ3v) is 5.48. The molecule has 0 N–H and O–H groups in total. The minimum Gasteiger partial charge on any atom is -0.454 e. The number of carbonyl (C=O) groups excluding carboxylic acids is 2. The van der Waals surface area contributed by atoms with Gasteiger partial charge in [-0.3, -0.25) is 0 Å². The van der Waals surface area contributed by atoms with E-state index in [1.165, 1.54) is 12.2 Å². The molecule has 0 saturated carbocycles. The van der Waals surface area contributed by atoms with Crippen LogP contribution in [0, 0.1) is 13.8 Å². The normalized spacial score (nSPS) is 24.7. The summed E-state index contributed by atoms with van der Waals surface area (Å²) in [4.78, 5) is 24.4. The maximum atomic E-state index is 12.2. The number of benzene rings is 2. The lowest BCUT2D eigenvalue weighted by Gasteiger charge is -2.16. The van der Waals surface area contributed by atoms with Crippen molar-refractivity contribution in [1.82, 2.24) is 0 Å². The predicted octanol–water partition coefficient (Wildman–Crippen LogP) is 3.65. The largest absolute Gasteiger partial charge is 0.454 e. The second-order valence-electron chi connectivity index (χ2n) is 8.03. The molecule has 0 aromatic heterocycles. The van der Waals surface area contributed by atoms with Gasteiger partial charge in [-0.2, -0.15) is 0 Å². The molecule has 4 unspecified atom stereocenters. The van der Waals surface area contributed by atoms with Crippen molar-refractivity contribution in [3.8, 4) is 0 Å². The lowest BCUT2D eigenvalue weighted by atomic mass is 10.1. The van der Waals surface area contributed by atoms with Crippen LogP contribution in [0.4, 0.5) is 0 Å². The molecular weight excluding hydrogens is 408 g/mol. The van der Waals surface area contributed by atoms with Crippen molar-refractivity contribution in [2.75, 3.05) is 13.2 Å². The van der Waals surface area contributed by atoms with E-state index in [0.717, 1.165) is 22.3 Å². The maximum absolute atomic E-state index is 12.2. The summed E-state index contributed by atoms with van der Waals surface area (Å²) in [6.45, 7) is 4.41. The van der Waals surface area contributed by atoms with Crippen LogP contribution in [0.2, 0.25) is 0 Å². The van der Waals surface area contributed by atoms with E-state index in [0.29, 0.717) is 0 Å². The highest BCUT2D eigenvalue weighted by atomic mass is 16.7. The van der Waals surface area contributed by atoms with Crippen LogP contribution in [0.5, 0.6) is 0 Å². The van der Waals surface area contributed by atoms with Crippen LogP contribution < -0.4 is 0 Å². The molecule has 32 heavy (non-hydrogen) atoms.